The molecule has 2 aromatic rings. The zero-order valence-electron chi connectivity index (χ0n) is 7.47. The fraction of sp³-hybridized carbons (Fsp3) is 0.250. The molecule has 0 saturated carbocycles. The van der Waals surface area contributed by atoms with Crippen LogP contribution in [0.25, 0.3) is 11.5 Å². The van der Waals surface area contributed by atoms with Crippen molar-refractivity contribution in [3.63, 3.8) is 0 Å². The van der Waals surface area contributed by atoms with Gasteiger partial charge in [0.1, 0.15) is 5.69 Å². The standard InChI is InChI=1S/C8H9N5/c1-6-4-3-5-9-7(6)8-10-11-12-13(8)2/h3-5H,1-2H3. The topological polar surface area (TPSA) is 56.5 Å². The molecule has 0 unspecified atom stereocenters. The van der Waals surface area contributed by atoms with Crippen molar-refractivity contribution >= 4 is 0 Å². The van der Waals surface area contributed by atoms with Crippen LogP contribution in [0.1, 0.15) is 5.56 Å². The number of nitrogens with zero attached hydrogens (tertiary/aromatic N) is 5. The lowest BCUT2D eigenvalue weighted by Gasteiger charge is -2.00. The second-order valence-electron chi connectivity index (χ2n) is 2.80. The fourth-order valence-corrected chi connectivity index (χ4v) is 1.15. The van der Waals surface area contributed by atoms with Crippen molar-refractivity contribution in [1.29, 1.82) is 0 Å². The molecule has 0 radical (unpaired) electrons. The first-order chi connectivity index (χ1) is 6.29. The fourth-order valence-electron chi connectivity index (χ4n) is 1.15. The zero-order chi connectivity index (χ0) is 9.26. The Labute approximate surface area is 75.4 Å². The van der Waals surface area contributed by atoms with Crippen LogP contribution in [0.15, 0.2) is 18.3 Å². The van der Waals surface area contributed by atoms with Crippen molar-refractivity contribution in [1.82, 2.24) is 25.2 Å². The lowest BCUT2D eigenvalue weighted by atomic mass is 10.2. The van der Waals surface area contributed by atoms with E-state index in [1.807, 2.05) is 19.1 Å². The lowest BCUT2D eigenvalue weighted by Crippen LogP contribution is -1.97. The maximum Gasteiger partial charge on any atom is 0.200 e. The summed E-state index contributed by atoms with van der Waals surface area (Å²) in [5, 5.41) is 11.2. The molecule has 0 aliphatic rings. The number of rotatable bonds is 1. The Morgan fingerprint density at radius 2 is 2.23 bits per heavy atom. The molecule has 66 valence electrons. The second kappa shape index (κ2) is 2.93. The van der Waals surface area contributed by atoms with Gasteiger partial charge < -0.3 is 0 Å². The zero-order valence-corrected chi connectivity index (χ0v) is 7.47. The highest BCUT2D eigenvalue weighted by Crippen LogP contribution is 2.15. The summed E-state index contributed by atoms with van der Waals surface area (Å²) in [5.41, 5.74) is 1.90. The maximum atomic E-state index is 4.22. The van der Waals surface area contributed by atoms with Gasteiger partial charge in [0, 0.05) is 13.2 Å². The van der Waals surface area contributed by atoms with Crippen LogP contribution >= 0.6 is 0 Å². The summed E-state index contributed by atoms with van der Waals surface area (Å²) >= 11 is 0. The number of hydrogen-bond acceptors (Lipinski definition) is 4. The minimum absolute atomic E-state index is 0.693. The van der Waals surface area contributed by atoms with Crippen LogP contribution in [-0.2, 0) is 7.05 Å². The molecule has 0 aliphatic heterocycles. The summed E-state index contributed by atoms with van der Waals surface area (Å²) in [7, 11) is 1.80. The molecule has 2 aromatic heterocycles. The first-order valence-corrected chi connectivity index (χ1v) is 3.93. The normalized spacial score (nSPS) is 10.3. The number of tetrazole rings is 1. The predicted molar refractivity (Wildman–Crippen MR) is 46.8 cm³/mol. The van der Waals surface area contributed by atoms with Gasteiger partial charge in [0.15, 0.2) is 0 Å². The van der Waals surface area contributed by atoms with Crippen LogP contribution < -0.4 is 0 Å². The quantitative estimate of drug-likeness (QED) is 0.636. The van der Waals surface area contributed by atoms with Crippen LogP contribution in [0, 0.1) is 6.92 Å². The predicted octanol–water partition coefficient (Wildman–Crippen LogP) is 0.581. The van der Waals surface area contributed by atoms with Crippen molar-refractivity contribution in [3.8, 4) is 11.5 Å². The highest BCUT2D eigenvalue weighted by atomic mass is 15.5. The third kappa shape index (κ3) is 1.28. The average Bonchev–Trinajstić information content (AvgIpc) is 2.52. The molecule has 0 N–H and O–H groups in total. The Balaban J connectivity index is 2.59. The SMILES string of the molecule is Cc1cccnc1-c1nnnn1C. The summed E-state index contributed by atoms with van der Waals surface area (Å²) < 4.78 is 1.61. The summed E-state index contributed by atoms with van der Waals surface area (Å²) in [5.74, 6) is 0.693. The van der Waals surface area contributed by atoms with Crippen molar-refractivity contribution < 1.29 is 0 Å². The third-order valence-electron chi connectivity index (χ3n) is 1.84. The molecule has 13 heavy (non-hydrogen) atoms. The Morgan fingerprint density at radius 3 is 2.85 bits per heavy atom. The van der Waals surface area contributed by atoms with Gasteiger partial charge in [0.2, 0.25) is 5.82 Å². The van der Waals surface area contributed by atoms with Crippen LogP contribution in [0.2, 0.25) is 0 Å². The second-order valence-corrected chi connectivity index (χ2v) is 2.80. The molecule has 0 amide bonds. The van der Waals surface area contributed by atoms with Gasteiger partial charge in [0.05, 0.1) is 0 Å². The molecule has 0 fully saturated rings. The highest BCUT2D eigenvalue weighted by molar-refractivity contribution is 5.53. The first-order valence-electron chi connectivity index (χ1n) is 3.93. The molecule has 5 nitrogen and oxygen atoms in total. The Hall–Kier alpha value is -1.78. The van der Waals surface area contributed by atoms with Gasteiger partial charge in [-0.25, -0.2) is 4.68 Å². The highest BCUT2D eigenvalue weighted by Gasteiger charge is 2.08. The van der Waals surface area contributed by atoms with Gasteiger partial charge in [-0.2, -0.15) is 0 Å². The minimum atomic E-state index is 0.693. The summed E-state index contributed by atoms with van der Waals surface area (Å²) in [6, 6.07) is 3.87. The summed E-state index contributed by atoms with van der Waals surface area (Å²) in [4.78, 5) is 4.22. The summed E-state index contributed by atoms with van der Waals surface area (Å²) in [6.07, 6.45) is 1.73. The van der Waals surface area contributed by atoms with E-state index >= 15 is 0 Å². The molecule has 0 aliphatic carbocycles. The molecule has 0 aromatic carbocycles. The van der Waals surface area contributed by atoms with Gasteiger partial charge in [-0.3, -0.25) is 4.98 Å². The van der Waals surface area contributed by atoms with Gasteiger partial charge in [-0.1, -0.05) is 6.07 Å². The van der Waals surface area contributed by atoms with Crippen molar-refractivity contribution in [2.75, 3.05) is 0 Å². The Kier molecular flexibility index (Phi) is 1.77. The van der Waals surface area contributed by atoms with Crippen LogP contribution in [-0.4, -0.2) is 25.2 Å². The molecule has 2 rings (SSSR count). The van der Waals surface area contributed by atoms with Gasteiger partial charge in [-0.05, 0) is 29.0 Å². The molecular weight excluding hydrogens is 166 g/mol. The number of aromatic nitrogens is 5. The van der Waals surface area contributed by atoms with Crippen LogP contribution in [0.3, 0.4) is 0 Å². The Morgan fingerprint density at radius 1 is 1.38 bits per heavy atom. The van der Waals surface area contributed by atoms with E-state index in [9.17, 15) is 0 Å². The van der Waals surface area contributed by atoms with E-state index in [0.717, 1.165) is 11.3 Å². The van der Waals surface area contributed by atoms with Crippen LogP contribution in [0.4, 0.5) is 0 Å². The minimum Gasteiger partial charge on any atom is -0.253 e. The van der Waals surface area contributed by atoms with Crippen molar-refractivity contribution in [3.05, 3.63) is 23.9 Å². The van der Waals surface area contributed by atoms with E-state index in [4.69, 9.17) is 0 Å². The largest absolute Gasteiger partial charge is 0.253 e. The average molecular weight is 175 g/mol. The number of aryl methyl sites for hydroxylation is 2. The maximum absolute atomic E-state index is 4.22. The molecule has 0 bridgehead atoms. The van der Waals surface area contributed by atoms with E-state index in [0.29, 0.717) is 5.82 Å². The van der Waals surface area contributed by atoms with Gasteiger partial charge in [0.25, 0.3) is 0 Å². The monoisotopic (exact) mass is 175 g/mol. The third-order valence-corrected chi connectivity index (χ3v) is 1.84. The lowest BCUT2D eigenvalue weighted by molar-refractivity contribution is 0.713. The molecular formula is C8H9N5. The molecule has 0 atom stereocenters. The smallest absolute Gasteiger partial charge is 0.200 e. The molecule has 0 saturated heterocycles. The number of pyridine rings is 1. The first kappa shape index (κ1) is 7.85. The Bertz CT molecular complexity index is 420. The molecule has 0 spiro atoms. The van der Waals surface area contributed by atoms with Crippen molar-refractivity contribution in [2.45, 2.75) is 6.92 Å². The number of hydrogen-bond donors (Lipinski definition) is 0. The van der Waals surface area contributed by atoms with Gasteiger partial charge in [-0.15, -0.1) is 5.10 Å². The van der Waals surface area contributed by atoms with Crippen molar-refractivity contribution in [2.24, 2.45) is 7.05 Å². The van der Waals surface area contributed by atoms with E-state index < -0.39 is 0 Å². The van der Waals surface area contributed by atoms with E-state index in [1.54, 1.807) is 17.9 Å². The van der Waals surface area contributed by atoms with E-state index in [2.05, 4.69) is 20.5 Å². The van der Waals surface area contributed by atoms with E-state index in [-0.39, 0.29) is 0 Å². The van der Waals surface area contributed by atoms with E-state index in [1.165, 1.54) is 0 Å². The van der Waals surface area contributed by atoms with Gasteiger partial charge >= 0.3 is 0 Å². The summed E-state index contributed by atoms with van der Waals surface area (Å²) in [6.45, 7) is 1.98. The molecule has 5 heteroatoms. The van der Waals surface area contributed by atoms with Crippen LogP contribution in [0.5, 0.6) is 0 Å². The molecule has 2 heterocycles.